The van der Waals surface area contributed by atoms with Gasteiger partial charge in [0.2, 0.25) is 10.0 Å². The van der Waals surface area contributed by atoms with Gasteiger partial charge in [-0.3, -0.25) is 0 Å². The van der Waals surface area contributed by atoms with Crippen molar-refractivity contribution < 1.29 is 12.9 Å². The van der Waals surface area contributed by atoms with E-state index in [4.69, 9.17) is 0 Å². The number of anilines is 1. The fraction of sp³-hybridized carbons (Fsp3) is 0.412. The van der Waals surface area contributed by atoms with Crippen molar-refractivity contribution in [2.24, 2.45) is 0 Å². The van der Waals surface area contributed by atoms with Gasteiger partial charge in [0, 0.05) is 37.5 Å². The summed E-state index contributed by atoms with van der Waals surface area (Å²) in [7, 11) is 6.18. The third-order valence-corrected chi connectivity index (χ3v) is 5.70. The molecule has 2 aromatic carbocycles. The molecule has 0 aliphatic heterocycles. The van der Waals surface area contributed by atoms with Crippen LogP contribution in [0.15, 0.2) is 41.3 Å². The van der Waals surface area contributed by atoms with E-state index in [2.05, 4.69) is 4.72 Å². The molecule has 0 saturated heterocycles. The standard InChI is InChI=1S/C17H26N3O2S/c1-13(20(4,5)6)18-23(21,22)17-12-8-9-14-15(17)10-7-11-16(14)19(2)3/h7-13,18H,1-6H3/q+1. The van der Waals surface area contributed by atoms with Crippen molar-refractivity contribution in [3.63, 3.8) is 0 Å². The number of fused-ring (bicyclic) bond motifs is 1. The zero-order chi connectivity index (χ0) is 17.4. The van der Waals surface area contributed by atoms with Gasteiger partial charge in [-0.15, -0.1) is 0 Å². The van der Waals surface area contributed by atoms with Crippen LogP contribution in [0.4, 0.5) is 5.69 Å². The van der Waals surface area contributed by atoms with Gasteiger partial charge in [0.1, 0.15) is 0 Å². The van der Waals surface area contributed by atoms with Crippen LogP contribution in [0.3, 0.4) is 0 Å². The molecule has 0 fully saturated rings. The molecule has 126 valence electrons. The summed E-state index contributed by atoms with van der Waals surface area (Å²) in [5, 5.41) is 1.66. The highest BCUT2D eigenvalue weighted by molar-refractivity contribution is 7.89. The molecule has 6 heteroatoms. The van der Waals surface area contributed by atoms with Crippen LogP contribution >= 0.6 is 0 Å². The minimum absolute atomic E-state index is 0.229. The third kappa shape index (κ3) is 3.65. The van der Waals surface area contributed by atoms with E-state index >= 15 is 0 Å². The van der Waals surface area contributed by atoms with Gasteiger partial charge in [0.05, 0.1) is 26.0 Å². The van der Waals surface area contributed by atoms with Crippen molar-refractivity contribution in [1.29, 1.82) is 0 Å². The van der Waals surface area contributed by atoms with Crippen molar-refractivity contribution in [2.45, 2.75) is 18.0 Å². The van der Waals surface area contributed by atoms with Crippen molar-refractivity contribution in [3.05, 3.63) is 36.4 Å². The van der Waals surface area contributed by atoms with E-state index in [0.29, 0.717) is 9.38 Å². The number of hydrogen-bond donors (Lipinski definition) is 1. The molecule has 0 heterocycles. The zero-order valence-corrected chi connectivity index (χ0v) is 15.5. The van der Waals surface area contributed by atoms with Crippen molar-refractivity contribution in [1.82, 2.24) is 4.72 Å². The van der Waals surface area contributed by atoms with Crippen LogP contribution in [0.2, 0.25) is 0 Å². The maximum Gasteiger partial charge on any atom is 0.245 e. The predicted octanol–water partition coefficient (Wildman–Crippen LogP) is 2.24. The molecular weight excluding hydrogens is 310 g/mol. The van der Waals surface area contributed by atoms with E-state index in [-0.39, 0.29) is 6.17 Å². The molecule has 1 unspecified atom stereocenters. The van der Waals surface area contributed by atoms with Gasteiger partial charge in [-0.05, 0) is 12.1 Å². The smallest absolute Gasteiger partial charge is 0.245 e. The van der Waals surface area contributed by atoms with Gasteiger partial charge < -0.3 is 9.38 Å². The second-order valence-electron chi connectivity index (χ2n) is 6.94. The third-order valence-electron chi connectivity index (χ3n) is 4.12. The highest BCUT2D eigenvalue weighted by Gasteiger charge is 2.26. The summed E-state index contributed by atoms with van der Waals surface area (Å²) in [5.74, 6) is 0. The average molecular weight is 336 g/mol. The Balaban J connectivity index is 2.58. The van der Waals surface area contributed by atoms with Crippen molar-refractivity contribution in [2.75, 3.05) is 40.1 Å². The Bertz CT molecular complexity index is 808. The van der Waals surface area contributed by atoms with Gasteiger partial charge in [-0.1, -0.05) is 24.3 Å². The monoisotopic (exact) mass is 336 g/mol. The minimum atomic E-state index is -3.60. The molecule has 0 aromatic heterocycles. The molecule has 1 atom stereocenters. The molecule has 0 amide bonds. The Hall–Kier alpha value is -1.63. The Labute approximate surface area is 139 Å². The maximum absolute atomic E-state index is 12.8. The quantitative estimate of drug-likeness (QED) is 0.673. The summed E-state index contributed by atoms with van der Waals surface area (Å²) in [6.07, 6.45) is -0.229. The lowest BCUT2D eigenvalue weighted by Gasteiger charge is -2.31. The summed E-state index contributed by atoms with van der Waals surface area (Å²) >= 11 is 0. The summed E-state index contributed by atoms with van der Waals surface area (Å²) in [6, 6.07) is 11.1. The lowest BCUT2D eigenvalue weighted by Crippen LogP contribution is -2.53. The summed E-state index contributed by atoms with van der Waals surface area (Å²) in [4.78, 5) is 2.31. The topological polar surface area (TPSA) is 49.4 Å². The number of quaternary nitrogens is 1. The number of benzene rings is 2. The van der Waals surface area contributed by atoms with Crippen molar-refractivity contribution in [3.8, 4) is 0 Å². The highest BCUT2D eigenvalue weighted by atomic mass is 32.2. The molecule has 1 N–H and O–H groups in total. The van der Waals surface area contributed by atoms with E-state index in [0.717, 1.165) is 16.5 Å². The fourth-order valence-corrected chi connectivity index (χ4v) is 3.95. The van der Waals surface area contributed by atoms with E-state index in [1.165, 1.54) is 0 Å². The fourth-order valence-electron chi connectivity index (χ4n) is 2.33. The molecule has 0 radical (unpaired) electrons. The van der Waals surface area contributed by atoms with Crippen LogP contribution in [0.1, 0.15) is 6.92 Å². The van der Waals surface area contributed by atoms with Gasteiger partial charge in [0.15, 0.2) is 6.17 Å². The van der Waals surface area contributed by atoms with Crippen LogP contribution in [0, 0.1) is 0 Å². The molecule has 2 aromatic rings. The van der Waals surface area contributed by atoms with Gasteiger partial charge in [0.25, 0.3) is 0 Å². The average Bonchev–Trinajstić information content (AvgIpc) is 2.44. The van der Waals surface area contributed by atoms with E-state index in [1.54, 1.807) is 12.1 Å². The van der Waals surface area contributed by atoms with Crippen LogP contribution in [0.25, 0.3) is 10.8 Å². The summed E-state index contributed by atoms with van der Waals surface area (Å²) in [6.45, 7) is 1.87. The molecule has 0 bridgehead atoms. The first-order chi connectivity index (χ1) is 10.5. The number of rotatable bonds is 5. The first-order valence-electron chi connectivity index (χ1n) is 7.56. The molecular formula is C17H26N3O2S+. The second kappa shape index (κ2) is 6.11. The first-order valence-corrected chi connectivity index (χ1v) is 9.05. The number of nitrogens with one attached hydrogen (secondary N) is 1. The zero-order valence-electron chi connectivity index (χ0n) is 14.7. The Morgan fingerprint density at radius 2 is 1.57 bits per heavy atom. The molecule has 5 nitrogen and oxygen atoms in total. The number of sulfonamides is 1. The van der Waals surface area contributed by atoms with E-state index < -0.39 is 10.0 Å². The second-order valence-corrected chi connectivity index (χ2v) is 8.62. The van der Waals surface area contributed by atoms with Crippen LogP contribution in [0.5, 0.6) is 0 Å². The summed E-state index contributed by atoms with van der Waals surface area (Å²) in [5.41, 5.74) is 0.999. The molecule has 23 heavy (non-hydrogen) atoms. The van der Waals surface area contributed by atoms with Crippen molar-refractivity contribution >= 4 is 26.5 Å². The van der Waals surface area contributed by atoms with Gasteiger partial charge in [-0.25, -0.2) is 8.42 Å². The van der Waals surface area contributed by atoms with E-state index in [9.17, 15) is 8.42 Å². The Morgan fingerprint density at radius 1 is 1.00 bits per heavy atom. The van der Waals surface area contributed by atoms with Crippen LogP contribution < -0.4 is 9.62 Å². The molecule has 0 aliphatic rings. The normalized spacial score (nSPS) is 14.0. The Morgan fingerprint density at radius 3 is 2.13 bits per heavy atom. The molecule has 0 saturated carbocycles. The van der Waals surface area contributed by atoms with E-state index in [1.807, 2.05) is 71.3 Å². The first kappa shape index (κ1) is 17.7. The van der Waals surface area contributed by atoms with Gasteiger partial charge in [-0.2, -0.15) is 4.72 Å². The Kier molecular flexibility index (Phi) is 4.71. The number of hydrogen-bond acceptors (Lipinski definition) is 3. The predicted molar refractivity (Wildman–Crippen MR) is 96.1 cm³/mol. The molecule has 2 rings (SSSR count). The minimum Gasteiger partial charge on any atom is -0.377 e. The largest absolute Gasteiger partial charge is 0.377 e. The molecule has 0 aliphatic carbocycles. The maximum atomic E-state index is 12.8. The van der Waals surface area contributed by atoms with Crippen LogP contribution in [-0.2, 0) is 10.0 Å². The highest BCUT2D eigenvalue weighted by Crippen LogP contribution is 2.30. The summed E-state index contributed by atoms with van der Waals surface area (Å²) < 4.78 is 29.0. The SMILES string of the molecule is CC(NS(=O)(=O)c1cccc2c(N(C)C)cccc12)[N+](C)(C)C. The lowest BCUT2D eigenvalue weighted by atomic mass is 10.1. The molecule has 0 spiro atoms. The lowest BCUT2D eigenvalue weighted by molar-refractivity contribution is -0.895. The van der Waals surface area contributed by atoms with Crippen LogP contribution in [-0.4, -0.2) is 54.3 Å². The van der Waals surface area contributed by atoms with Gasteiger partial charge >= 0.3 is 0 Å². The number of nitrogens with zero attached hydrogens (tertiary/aromatic N) is 2.